The molecule has 0 heterocycles. The van der Waals surface area contributed by atoms with E-state index in [9.17, 15) is 0 Å². The lowest BCUT2D eigenvalue weighted by atomic mass is 10.0. The molecule has 0 spiro atoms. The Morgan fingerprint density at radius 2 is 2.05 bits per heavy atom. The van der Waals surface area contributed by atoms with Gasteiger partial charge in [-0.05, 0) is 50.4 Å². The number of benzene rings is 1. The van der Waals surface area contributed by atoms with Crippen molar-refractivity contribution in [2.45, 2.75) is 45.3 Å². The highest BCUT2D eigenvalue weighted by Gasteiger charge is 2.14. The van der Waals surface area contributed by atoms with Gasteiger partial charge in [0.25, 0.3) is 0 Å². The largest absolute Gasteiger partial charge is 0.382 e. The van der Waals surface area contributed by atoms with Gasteiger partial charge in [0, 0.05) is 23.2 Å². The summed E-state index contributed by atoms with van der Waals surface area (Å²) in [7, 11) is 1.75. The number of methoxy groups -OCH3 is 1. The third-order valence-corrected chi connectivity index (χ3v) is 3.77. The molecule has 2 nitrogen and oxygen atoms in total. The van der Waals surface area contributed by atoms with Gasteiger partial charge >= 0.3 is 0 Å². The number of halogens is 2. The first-order valence-corrected chi connectivity index (χ1v) is 7.52. The third-order valence-electron chi connectivity index (χ3n) is 3.18. The van der Waals surface area contributed by atoms with Crippen molar-refractivity contribution in [1.29, 1.82) is 0 Å². The Morgan fingerprint density at radius 1 is 1.32 bits per heavy atom. The summed E-state index contributed by atoms with van der Waals surface area (Å²) in [5, 5.41) is 4.97. The second-order valence-corrected chi connectivity index (χ2v) is 5.72. The summed E-state index contributed by atoms with van der Waals surface area (Å²) in [5.74, 6) is 0. The van der Waals surface area contributed by atoms with Crippen molar-refractivity contribution in [3.05, 3.63) is 33.8 Å². The highest BCUT2D eigenvalue weighted by Crippen LogP contribution is 2.23. The van der Waals surface area contributed by atoms with Crippen LogP contribution in [0.5, 0.6) is 0 Å². The highest BCUT2D eigenvalue weighted by molar-refractivity contribution is 6.35. The Morgan fingerprint density at radius 3 is 2.63 bits per heavy atom. The van der Waals surface area contributed by atoms with Crippen molar-refractivity contribution in [2.24, 2.45) is 0 Å². The summed E-state index contributed by atoms with van der Waals surface area (Å²) < 4.78 is 5.35. The van der Waals surface area contributed by atoms with Crippen LogP contribution >= 0.6 is 23.2 Å². The van der Waals surface area contributed by atoms with Crippen molar-refractivity contribution in [3.8, 4) is 0 Å². The van der Waals surface area contributed by atoms with Crippen LogP contribution in [0, 0.1) is 0 Å². The summed E-state index contributed by atoms with van der Waals surface area (Å²) in [5.41, 5.74) is 1.13. The first-order valence-electron chi connectivity index (χ1n) is 6.76. The monoisotopic (exact) mass is 303 g/mol. The van der Waals surface area contributed by atoms with Gasteiger partial charge in [0.1, 0.15) is 0 Å². The van der Waals surface area contributed by atoms with E-state index < -0.39 is 0 Å². The van der Waals surface area contributed by atoms with E-state index in [-0.39, 0.29) is 6.10 Å². The van der Waals surface area contributed by atoms with Crippen molar-refractivity contribution in [2.75, 3.05) is 13.7 Å². The summed E-state index contributed by atoms with van der Waals surface area (Å²) in [4.78, 5) is 0. The zero-order valence-corrected chi connectivity index (χ0v) is 13.4. The molecule has 1 N–H and O–H groups in total. The molecule has 0 fully saturated rings. The second-order valence-electron chi connectivity index (χ2n) is 4.87. The summed E-state index contributed by atoms with van der Waals surface area (Å²) >= 11 is 12.2. The van der Waals surface area contributed by atoms with Crippen LogP contribution in [-0.2, 0) is 11.2 Å². The first kappa shape index (κ1) is 16.8. The van der Waals surface area contributed by atoms with Gasteiger partial charge in [-0.2, -0.15) is 0 Å². The van der Waals surface area contributed by atoms with E-state index in [1.807, 2.05) is 12.1 Å². The van der Waals surface area contributed by atoms with Crippen molar-refractivity contribution < 1.29 is 4.74 Å². The van der Waals surface area contributed by atoms with E-state index in [1.165, 1.54) is 0 Å². The highest BCUT2D eigenvalue weighted by atomic mass is 35.5. The van der Waals surface area contributed by atoms with Crippen LogP contribution in [-0.4, -0.2) is 25.8 Å². The summed E-state index contributed by atoms with van der Waals surface area (Å²) in [6.07, 6.45) is 3.21. The molecule has 2 unspecified atom stereocenters. The number of ether oxygens (including phenoxy) is 1. The van der Waals surface area contributed by atoms with Crippen LogP contribution < -0.4 is 5.32 Å². The Hall–Kier alpha value is -0.280. The molecule has 0 aliphatic rings. The topological polar surface area (TPSA) is 21.3 Å². The zero-order valence-electron chi connectivity index (χ0n) is 11.9. The van der Waals surface area contributed by atoms with Crippen LogP contribution in [0.25, 0.3) is 0 Å². The normalized spacial score (nSPS) is 14.4. The van der Waals surface area contributed by atoms with Crippen molar-refractivity contribution in [3.63, 3.8) is 0 Å². The lowest BCUT2D eigenvalue weighted by Crippen LogP contribution is -2.35. The fourth-order valence-electron chi connectivity index (χ4n) is 2.04. The van der Waals surface area contributed by atoms with Crippen molar-refractivity contribution >= 4 is 23.2 Å². The average Bonchev–Trinajstić information content (AvgIpc) is 2.38. The lowest BCUT2D eigenvalue weighted by Gasteiger charge is -2.22. The molecule has 0 saturated carbocycles. The van der Waals surface area contributed by atoms with Gasteiger partial charge in [-0.3, -0.25) is 0 Å². The molecule has 0 amide bonds. The Labute approximate surface area is 126 Å². The number of nitrogens with one attached hydrogen (secondary N) is 1. The number of rotatable bonds is 8. The van der Waals surface area contributed by atoms with E-state index in [2.05, 4.69) is 19.2 Å². The molecule has 1 rings (SSSR count). The number of hydrogen-bond donors (Lipinski definition) is 1. The number of hydrogen-bond acceptors (Lipinski definition) is 2. The molecule has 0 aliphatic carbocycles. The van der Waals surface area contributed by atoms with Gasteiger partial charge in [-0.25, -0.2) is 0 Å². The fourth-order valence-corrected chi connectivity index (χ4v) is 2.52. The SMILES string of the molecule is CCCNC(Cc1ccc(Cl)cc1Cl)CC(C)OC. The zero-order chi connectivity index (χ0) is 14.3. The van der Waals surface area contributed by atoms with Crippen molar-refractivity contribution in [1.82, 2.24) is 5.32 Å². The van der Waals surface area contributed by atoms with Gasteiger partial charge in [0.15, 0.2) is 0 Å². The molecule has 0 saturated heterocycles. The molecule has 19 heavy (non-hydrogen) atoms. The molecule has 0 bridgehead atoms. The van der Waals surface area contributed by atoms with E-state index >= 15 is 0 Å². The average molecular weight is 304 g/mol. The maximum Gasteiger partial charge on any atom is 0.0558 e. The maximum atomic E-state index is 6.23. The molecular weight excluding hydrogens is 281 g/mol. The van der Waals surface area contributed by atoms with Crippen LogP contribution in [0.1, 0.15) is 32.3 Å². The second kappa shape index (κ2) is 8.80. The molecule has 0 radical (unpaired) electrons. The molecule has 0 aliphatic heterocycles. The molecule has 1 aromatic rings. The Bertz CT molecular complexity index is 384. The van der Waals surface area contributed by atoms with E-state index in [0.29, 0.717) is 11.1 Å². The molecule has 1 aromatic carbocycles. The first-order chi connectivity index (χ1) is 9.06. The summed E-state index contributed by atoms with van der Waals surface area (Å²) in [6.45, 7) is 5.26. The summed E-state index contributed by atoms with van der Waals surface area (Å²) in [6, 6.07) is 6.06. The molecule has 0 aromatic heterocycles. The van der Waals surface area contributed by atoms with Crippen LogP contribution in [0.2, 0.25) is 10.0 Å². The van der Waals surface area contributed by atoms with Gasteiger partial charge in [-0.1, -0.05) is 36.2 Å². The molecule has 108 valence electrons. The van der Waals surface area contributed by atoms with Gasteiger partial charge in [0.05, 0.1) is 6.10 Å². The van der Waals surface area contributed by atoms with Gasteiger partial charge in [-0.15, -0.1) is 0 Å². The van der Waals surface area contributed by atoms with Gasteiger partial charge in [0.2, 0.25) is 0 Å². The quantitative estimate of drug-likeness (QED) is 0.772. The lowest BCUT2D eigenvalue weighted by molar-refractivity contribution is 0.100. The van der Waals surface area contributed by atoms with Crippen LogP contribution in [0.15, 0.2) is 18.2 Å². The molecule has 2 atom stereocenters. The minimum atomic E-state index is 0.237. The Balaban J connectivity index is 2.69. The van der Waals surface area contributed by atoms with E-state index in [0.717, 1.165) is 36.4 Å². The molecule has 4 heteroatoms. The third kappa shape index (κ3) is 6.13. The predicted octanol–water partition coefficient (Wildman–Crippen LogP) is 4.33. The van der Waals surface area contributed by atoms with E-state index in [4.69, 9.17) is 27.9 Å². The van der Waals surface area contributed by atoms with E-state index in [1.54, 1.807) is 13.2 Å². The Kier molecular flexibility index (Phi) is 7.77. The predicted molar refractivity (Wildman–Crippen MR) is 83.3 cm³/mol. The van der Waals surface area contributed by atoms with Crippen LogP contribution in [0.4, 0.5) is 0 Å². The van der Waals surface area contributed by atoms with Gasteiger partial charge < -0.3 is 10.1 Å². The fraction of sp³-hybridized carbons (Fsp3) is 0.600. The maximum absolute atomic E-state index is 6.23. The molecular formula is C15H23Cl2NO. The smallest absolute Gasteiger partial charge is 0.0558 e. The van der Waals surface area contributed by atoms with Crippen LogP contribution in [0.3, 0.4) is 0 Å². The standard InChI is InChI=1S/C15H23Cl2NO/c1-4-7-18-14(8-11(2)19-3)9-12-5-6-13(16)10-15(12)17/h5-6,10-11,14,18H,4,7-9H2,1-3H3. The minimum Gasteiger partial charge on any atom is -0.382 e. The minimum absolute atomic E-state index is 0.237.